The van der Waals surface area contributed by atoms with Gasteiger partial charge in [-0.25, -0.2) is 4.98 Å². The lowest BCUT2D eigenvalue weighted by Gasteiger charge is -2.14. The average molecular weight is 326 g/mol. The van der Waals surface area contributed by atoms with Crippen LogP contribution >= 0.6 is 22.9 Å². The molecule has 0 spiro atoms. The van der Waals surface area contributed by atoms with Gasteiger partial charge in [-0.2, -0.15) is 0 Å². The topological polar surface area (TPSA) is 51.6 Å². The van der Waals surface area contributed by atoms with Gasteiger partial charge >= 0.3 is 0 Å². The molecule has 0 saturated carbocycles. The molecule has 6 heteroatoms. The second-order valence-corrected chi connectivity index (χ2v) is 6.37. The molecule has 3 rings (SSSR count). The Balaban J connectivity index is 2.07. The van der Waals surface area contributed by atoms with Crippen LogP contribution < -0.4 is 9.47 Å². The summed E-state index contributed by atoms with van der Waals surface area (Å²) in [5.41, 5.74) is 1.88. The van der Waals surface area contributed by atoms with Crippen LogP contribution in [-0.4, -0.2) is 24.3 Å². The summed E-state index contributed by atoms with van der Waals surface area (Å²) >= 11 is 7.76. The minimum absolute atomic E-state index is 0.393. The highest BCUT2D eigenvalue weighted by Crippen LogP contribution is 2.42. The first-order valence-corrected chi connectivity index (χ1v) is 7.93. The number of thiazole rings is 1. The van der Waals surface area contributed by atoms with Crippen LogP contribution in [0.3, 0.4) is 0 Å². The van der Waals surface area contributed by atoms with Crippen LogP contribution in [-0.2, 0) is 6.42 Å². The second-order valence-electron chi connectivity index (χ2n) is 4.93. The zero-order chi connectivity index (χ0) is 15.0. The van der Waals surface area contributed by atoms with E-state index in [4.69, 9.17) is 21.1 Å². The lowest BCUT2D eigenvalue weighted by molar-refractivity contribution is 0.160. The molecule has 1 heterocycles. The van der Waals surface area contributed by atoms with E-state index in [9.17, 15) is 5.11 Å². The number of hydrogen-bond donors (Lipinski definition) is 1. The number of aromatic nitrogens is 1. The molecule has 2 aromatic rings. The van der Waals surface area contributed by atoms with Crippen LogP contribution in [0.25, 0.3) is 10.6 Å². The van der Waals surface area contributed by atoms with Crippen LogP contribution in [0.4, 0.5) is 0 Å². The van der Waals surface area contributed by atoms with Crippen molar-refractivity contribution < 1.29 is 14.6 Å². The van der Waals surface area contributed by atoms with E-state index in [1.54, 1.807) is 14.2 Å². The summed E-state index contributed by atoms with van der Waals surface area (Å²) in [6.07, 6.45) is 2.31. The normalized spacial score (nSPS) is 17.4. The minimum atomic E-state index is -0.393. The predicted molar refractivity (Wildman–Crippen MR) is 83.6 cm³/mol. The molecular formula is C15H16ClNO3S. The summed E-state index contributed by atoms with van der Waals surface area (Å²) in [5.74, 6) is 1.10. The Morgan fingerprint density at radius 3 is 2.81 bits per heavy atom. The van der Waals surface area contributed by atoms with Gasteiger partial charge in [0.2, 0.25) is 0 Å². The Hall–Kier alpha value is -1.30. The number of ether oxygens (including phenoxy) is 2. The van der Waals surface area contributed by atoms with E-state index in [1.807, 2.05) is 12.1 Å². The lowest BCUT2D eigenvalue weighted by Crippen LogP contribution is -2.06. The monoisotopic (exact) mass is 325 g/mol. The Morgan fingerprint density at radius 1 is 1.33 bits per heavy atom. The number of fused-ring (bicyclic) bond motifs is 1. The van der Waals surface area contributed by atoms with Gasteiger partial charge in [0.25, 0.3) is 0 Å². The first-order valence-electron chi connectivity index (χ1n) is 6.73. The minimum Gasteiger partial charge on any atom is -0.493 e. The Kier molecular flexibility index (Phi) is 4.06. The average Bonchev–Trinajstić information content (AvgIpc) is 2.92. The van der Waals surface area contributed by atoms with E-state index in [1.165, 1.54) is 11.3 Å². The molecule has 0 fully saturated rings. The largest absolute Gasteiger partial charge is 0.493 e. The van der Waals surface area contributed by atoms with Gasteiger partial charge in [-0.3, -0.25) is 0 Å². The summed E-state index contributed by atoms with van der Waals surface area (Å²) in [7, 11) is 3.14. The summed E-state index contributed by atoms with van der Waals surface area (Å²) in [6.45, 7) is 0. The smallest absolute Gasteiger partial charge is 0.179 e. The van der Waals surface area contributed by atoms with E-state index >= 15 is 0 Å². The van der Waals surface area contributed by atoms with Crippen molar-refractivity contribution in [3.05, 3.63) is 27.7 Å². The summed E-state index contributed by atoms with van der Waals surface area (Å²) in [6, 6.07) is 3.68. The predicted octanol–water partition coefficient (Wildman–Crippen LogP) is 3.85. The zero-order valence-electron chi connectivity index (χ0n) is 11.9. The van der Waals surface area contributed by atoms with Crippen LogP contribution in [0.2, 0.25) is 5.02 Å². The van der Waals surface area contributed by atoms with E-state index in [2.05, 4.69) is 4.98 Å². The molecule has 1 unspecified atom stereocenters. The molecule has 0 aliphatic heterocycles. The Labute approximate surface area is 132 Å². The van der Waals surface area contributed by atoms with Crippen molar-refractivity contribution in [2.45, 2.75) is 25.4 Å². The Bertz CT molecular complexity index is 671. The van der Waals surface area contributed by atoms with Gasteiger partial charge in [0.15, 0.2) is 11.5 Å². The maximum atomic E-state index is 10.1. The third-order valence-electron chi connectivity index (χ3n) is 3.60. The number of benzene rings is 1. The molecule has 21 heavy (non-hydrogen) atoms. The molecule has 4 nitrogen and oxygen atoms in total. The number of hydrogen-bond acceptors (Lipinski definition) is 5. The van der Waals surface area contributed by atoms with Crippen LogP contribution in [0.5, 0.6) is 11.5 Å². The maximum Gasteiger partial charge on any atom is 0.179 e. The highest BCUT2D eigenvalue weighted by molar-refractivity contribution is 7.15. The van der Waals surface area contributed by atoms with Gasteiger partial charge in [-0.15, -0.1) is 11.3 Å². The highest BCUT2D eigenvalue weighted by Gasteiger charge is 2.24. The molecule has 1 aromatic heterocycles. The number of aliphatic hydroxyl groups excluding tert-OH is 1. The van der Waals surface area contributed by atoms with Gasteiger partial charge in [-0.05, 0) is 31.4 Å². The van der Waals surface area contributed by atoms with E-state index in [0.717, 1.165) is 40.4 Å². The first-order chi connectivity index (χ1) is 10.1. The third kappa shape index (κ3) is 2.61. The third-order valence-corrected chi connectivity index (χ3v) is 5.13. The number of rotatable bonds is 3. The fraction of sp³-hybridized carbons (Fsp3) is 0.400. The number of methoxy groups -OCH3 is 2. The number of nitrogens with zero attached hydrogens (tertiary/aromatic N) is 1. The molecule has 0 saturated heterocycles. The summed E-state index contributed by atoms with van der Waals surface area (Å²) in [5, 5.41) is 11.4. The van der Waals surface area contributed by atoms with Gasteiger partial charge in [-0.1, -0.05) is 11.6 Å². The fourth-order valence-electron chi connectivity index (χ4n) is 2.56. The molecular weight excluding hydrogens is 310 g/mol. The highest BCUT2D eigenvalue weighted by atomic mass is 35.5. The molecule has 1 atom stereocenters. The van der Waals surface area contributed by atoms with Gasteiger partial charge in [0.1, 0.15) is 5.01 Å². The standard InChI is InChI=1S/C15H16ClNO3S/c1-19-12-7-8(6-9(16)13(12)20-2)15-17-10-4-3-5-11(18)14(10)21-15/h6-7,11,18H,3-5H2,1-2H3. The van der Waals surface area contributed by atoms with E-state index < -0.39 is 6.10 Å². The molecule has 0 bridgehead atoms. The van der Waals surface area contributed by atoms with Crippen molar-refractivity contribution in [2.24, 2.45) is 0 Å². The van der Waals surface area contributed by atoms with Crippen LogP contribution in [0.1, 0.15) is 29.5 Å². The second kappa shape index (κ2) is 5.83. The first kappa shape index (κ1) is 14.6. The van der Waals surface area contributed by atoms with Crippen molar-refractivity contribution in [3.63, 3.8) is 0 Å². The lowest BCUT2D eigenvalue weighted by atomic mass is 10.0. The fourth-order valence-corrected chi connectivity index (χ4v) is 3.97. The van der Waals surface area contributed by atoms with Crippen molar-refractivity contribution in [2.75, 3.05) is 14.2 Å². The van der Waals surface area contributed by atoms with E-state index in [-0.39, 0.29) is 0 Å². The molecule has 1 aromatic carbocycles. The molecule has 1 aliphatic rings. The molecule has 1 aliphatic carbocycles. The zero-order valence-corrected chi connectivity index (χ0v) is 13.4. The SMILES string of the molecule is COc1cc(-c2nc3c(s2)C(O)CCC3)cc(Cl)c1OC. The number of aryl methyl sites for hydroxylation is 1. The van der Waals surface area contributed by atoms with Crippen LogP contribution in [0.15, 0.2) is 12.1 Å². The number of halogens is 1. The van der Waals surface area contributed by atoms with Gasteiger partial charge in [0, 0.05) is 5.56 Å². The summed E-state index contributed by atoms with van der Waals surface area (Å²) < 4.78 is 10.6. The molecule has 0 amide bonds. The number of aliphatic hydroxyl groups is 1. The quantitative estimate of drug-likeness (QED) is 0.931. The van der Waals surface area contributed by atoms with Gasteiger partial charge < -0.3 is 14.6 Å². The van der Waals surface area contributed by atoms with E-state index in [0.29, 0.717) is 16.5 Å². The molecule has 1 N–H and O–H groups in total. The van der Waals surface area contributed by atoms with Crippen molar-refractivity contribution in [1.82, 2.24) is 4.98 Å². The molecule has 112 valence electrons. The summed E-state index contributed by atoms with van der Waals surface area (Å²) in [4.78, 5) is 5.62. The van der Waals surface area contributed by atoms with Crippen molar-refractivity contribution in [1.29, 1.82) is 0 Å². The van der Waals surface area contributed by atoms with Crippen molar-refractivity contribution >= 4 is 22.9 Å². The van der Waals surface area contributed by atoms with Crippen molar-refractivity contribution in [3.8, 4) is 22.1 Å². The maximum absolute atomic E-state index is 10.1. The van der Waals surface area contributed by atoms with Crippen LogP contribution in [0, 0.1) is 0 Å². The molecule has 0 radical (unpaired) electrons. The Morgan fingerprint density at radius 2 is 2.14 bits per heavy atom. The van der Waals surface area contributed by atoms with Gasteiger partial charge in [0.05, 0.1) is 35.9 Å².